The van der Waals surface area contributed by atoms with Crippen molar-refractivity contribution in [3.05, 3.63) is 29.3 Å². The summed E-state index contributed by atoms with van der Waals surface area (Å²) in [5.74, 6) is -0.586. The van der Waals surface area contributed by atoms with Gasteiger partial charge in [0.1, 0.15) is 0 Å². The van der Waals surface area contributed by atoms with Crippen LogP contribution in [0.15, 0.2) is 18.2 Å². The van der Waals surface area contributed by atoms with Crippen molar-refractivity contribution in [2.24, 2.45) is 5.92 Å². The summed E-state index contributed by atoms with van der Waals surface area (Å²) >= 11 is 0. The largest absolute Gasteiger partial charge is 0.478 e. The van der Waals surface area contributed by atoms with E-state index in [0.29, 0.717) is 12.1 Å². The zero-order valence-electron chi connectivity index (χ0n) is 11.5. The molecule has 1 N–H and O–H groups in total. The molecule has 1 saturated carbocycles. The molecule has 1 fully saturated rings. The second-order valence-electron chi connectivity index (χ2n) is 5.68. The molecule has 4 nitrogen and oxygen atoms in total. The summed E-state index contributed by atoms with van der Waals surface area (Å²) in [7, 11) is 0. The number of benzene rings is 1. The number of hydrogen-bond donors (Lipinski definition) is 1. The monoisotopic (exact) mass is 273 g/mol. The van der Waals surface area contributed by atoms with E-state index in [9.17, 15) is 14.7 Å². The summed E-state index contributed by atoms with van der Waals surface area (Å²) in [6, 6.07) is 5.25. The normalized spacial score (nSPS) is 18.9. The quantitative estimate of drug-likeness (QED) is 0.901. The maximum atomic E-state index is 12.6. The molecule has 1 aliphatic heterocycles. The lowest BCUT2D eigenvalue weighted by Gasteiger charge is -2.32. The number of carboxylic acids is 1. The Kier molecular flexibility index (Phi) is 3.47. The third kappa shape index (κ3) is 2.19. The van der Waals surface area contributed by atoms with Crippen LogP contribution in [0.2, 0.25) is 0 Å². The Morgan fingerprint density at radius 1 is 1.15 bits per heavy atom. The van der Waals surface area contributed by atoms with Gasteiger partial charge in [0.05, 0.1) is 5.56 Å². The van der Waals surface area contributed by atoms with Gasteiger partial charge in [-0.1, -0.05) is 18.9 Å². The summed E-state index contributed by atoms with van der Waals surface area (Å²) < 4.78 is 0. The number of hydrogen-bond acceptors (Lipinski definition) is 2. The Morgan fingerprint density at radius 3 is 2.60 bits per heavy atom. The lowest BCUT2D eigenvalue weighted by molar-refractivity contribution is -0.122. The van der Waals surface area contributed by atoms with E-state index >= 15 is 0 Å². The van der Waals surface area contributed by atoms with E-state index in [-0.39, 0.29) is 11.8 Å². The van der Waals surface area contributed by atoms with Gasteiger partial charge >= 0.3 is 5.97 Å². The van der Waals surface area contributed by atoms with Crippen molar-refractivity contribution in [1.82, 2.24) is 0 Å². The minimum Gasteiger partial charge on any atom is -0.478 e. The number of aromatic carboxylic acids is 1. The first-order valence-electron chi connectivity index (χ1n) is 7.35. The highest BCUT2D eigenvalue weighted by Gasteiger charge is 2.31. The summed E-state index contributed by atoms with van der Waals surface area (Å²) in [6.45, 7) is 0.714. The second kappa shape index (κ2) is 5.27. The molecular formula is C16H19NO3. The molecule has 2 aliphatic rings. The van der Waals surface area contributed by atoms with Crippen LogP contribution >= 0.6 is 0 Å². The molecule has 0 spiro atoms. The van der Waals surface area contributed by atoms with Crippen LogP contribution in [0.3, 0.4) is 0 Å². The van der Waals surface area contributed by atoms with E-state index in [4.69, 9.17) is 0 Å². The SMILES string of the molecule is O=C(O)c1cccc2c1CCCN2C(=O)C1CCCC1. The standard InChI is InChI=1S/C16H19NO3/c18-15(11-5-1-2-6-11)17-10-4-8-12-13(16(19)20)7-3-9-14(12)17/h3,7,9,11H,1-2,4-6,8,10H2,(H,19,20). The molecule has 1 amide bonds. The maximum Gasteiger partial charge on any atom is 0.336 e. The summed E-state index contributed by atoms with van der Waals surface area (Å²) in [6.07, 6.45) is 5.80. The zero-order chi connectivity index (χ0) is 14.1. The van der Waals surface area contributed by atoms with Gasteiger partial charge in [-0.3, -0.25) is 4.79 Å². The molecule has 0 atom stereocenters. The Balaban J connectivity index is 1.95. The fraction of sp³-hybridized carbons (Fsp3) is 0.500. The Hall–Kier alpha value is -1.84. The van der Waals surface area contributed by atoms with Crippen molar-refractivity contribution >= 4 is 17.6 Å². The van der Waals surface area contributed by atoms with Crippen LogP contribution in [-0.2, 0) is 11.2 Å². The highest BCUT2D eigenvalue weighted by molar-refractivity contribution is 5.99. The topological polar surface area (TPSA) is 57.6 Å². The predicted molar refractivity (Wildman–Crippen MR) is 76.0 cm³/mol. The van der Waals surface area contributed by atoms with Gasteiger partial charge in [0.25, 0.3) is 0 Å². The number of carboxylic acid groups (broad SMARTS) is 1. The fourth-order valence-electron chi connectivity index (χ4n) is 3.45. The van der Waals surface area contributed by atoms with Crippen LogP contribution in [0.25, 0.3) is 0 Å². The van der Waals surface area contributed by atoms with Crippen LogP contribution in [0.4, 0.5) is 5.69 Å². The van der Waals surface area contributed by atoms with Crippen molar-refractivity contribution in [3.8, 4) is 0 Å². The predicted octanol–water partition coefficient (Wildman–Crippen LogP) is 2.85. The van der Waals surface area contributed by atoms with Gasteiger partial charge in [-0.05, 0) is 43.4 Å². The third-order valence-electron chi connectivity index (χ3n) is 4.45. The van der Waals surface area contributed by atoms with Gasteiger partial charge in [-0.2, -0.15) is 0 Å². The number of rotatable bonds is 2. The molecule has 0 radical (unpaired) electrons. The molecule has 106 valence electrons. The van der Waals surface area contributed by atoms with Crippen LogP contribution < -0.4 is 4.90 Å². The molecule has 0 saturated heterocycles. The molecule has 1 aromatic carbocycles. The number of carbonyl (C=O) groups excluding carboxylic acids is 1. The maximum absolute atomic E-state index is 12.6. The van der Waals surface area contributed by atoms with Gasteiger partial charge in [-0.25, -0.2) is 4.79 Å². The van der Waals surface area contributed by atoms with Crippen molar-refractivity contribution in [2.75, 3.05) is 11.4 Å². The Morgan fingerprint density at radius 2 is 1.90 bits per heavy atom. The molecule has 0 bridgehead atoms. The van der Waals surface area contributed by atoms with Crippen molar-refractivity contribution in [1.29, 1.82) is 0 Å². The number of anilines is 1. The molecule has 1 aliphatic carbocycles. The van der Waals surface area contributed by atoms with E-state index in [0.717, 1.165) is 49.8 Å². The lowest BCUT2D eigenvalue weighted by atomic mass is 9.94. The molecule has 1 heterocycles. The Labute approximate surface area is 118 Å². The van der Waals surface area contributed by atoms with Crippen molar-refractivity contribution in [3.63, 3.8) is 0 Å². The minimum atomic E-state index is -0.906. The van der Waals surface area contributed by atoms with Crippen LogP contribution in [0, 0.1) is 5.92 Å². The third-order valence-corrected chi connectivity index (χ3v) is 4.45. The van der Waals surface area contributed by atoms with Gasteiger partial charge in [0.15, 0.2) is 0 Å². The molecule has 4 heteroatoms. The average molecular weight is 273 g/mol. The van der Waals surface area contributed by atoms with Gasteiger partial charge in [-0.15, -0.1) is 0 Å². The number of fused-ring (bicyclic) bond motifs is 1. The number of nitrogens with zero attached hydrogens (tertiary/aromatic N) is 1. The minimum absolute atomic E-state index is 0.134. The van der Waals surface area contributed by atoms with Gasteiger partial charge < -0.3 is 10.0 Å². The second-order valence-corrected chi connectivity index (χ2v) is 5.68. The number of carbonyl (C=O) groups is 2. The van der Waals surface area contributed by atoms with Crippen LogP contribution in [0.1, 0.15) is 48.0 Å². The molecule has 3 rings (SSSR count). The van der Waals surface area contributed by atoms with E-state index in [1.54, 1.807) is 12.1 Å². The molecular weight excluding hydrogens is 254 g/mol. The smallest absolute Gasteiger partial charge is 0.336 e. The molecule has 1 aromatic rings. The van der Waals surface area contributed by atoms with Crippen molar-refractivity contribution in [2.45, 2.75) is 38.5 Å². The first kappa shape index (κ1) is 13.2. The lowest BCUT2D eigenvalue weighted by Crippen LogP contribution is -2.39. The van der Waals surface area contributed by atoms with Gasteiger partial charge in [0, 0.05) is 18.2 Å². The summed E-state index contributed by atoms with van der Waals surface area (Å²) in [5, 5.41) is 9.27. The average Bonchev–Trinajstić information content (AvgIpc) is 2.99. The van der Waals surface area contributed by atoms with E-state index in [1.807, 2.05) is 11.0 Å². The molecule has 0 aromatic heterocycles. The highest BCUT2D eigenvalue weighted by Crippen LogP contribution is 2.34. The van der Waals surface area contributed by atoms with Crippen LogP contribution in [0.5, 0.6) is 0 Å². The Bertz CT molecular complexity index is 547. The van der Waals surface area contributed by atoms with Crippen molar-refractivity contribution < 1.29 is 14.7 Å². The highest BCUT2D eigenvalue weighted by atomic mass is 16.4. The van der Waals surface area contributed by atoms with Gasteiger partial charge in [0.2, 0.25) is 5.91 Å². The fourth-order valence-corrected chi connectivity index (χ4v) is 3.45. The van der Waals surface area contributed by atoms with E-state index < -0.39 is 5.97 Å². The zero-order valence-corrected chi connectivity index (χ0v) is 11.5. The summed E-state index contributed by atoms with van der Waals surface area (Å²) in [5.41, 5.74) is 1.97. The first-order valence-corrected chi connectivity index (χ1v) is 7.35. The summed E-state index contributed by atoms with van der Waals surface area (Å²) in [4.78, 5) is 25.7. The van der Waals surface area contributed by atoms with E-state index in [1.165, 1.54) is 0 Å². The van der Waals surface area contributed by atoms with Crippen LogP contribution in [-0.4, -0.2) is 23.5 Å². The first-order chi connectivity index (χ1) is 9.68. The van der Waals surface area contributed by atoms with E-state index in [2.05, 4.69) is 0 Å². The molecule has 20 heavy (non-hydrogen) atoms. The number of amides is 1. The molecule has 0 unspecified atom stereocenters.